The highest BCUT2D eigenvalue weighted by Gasteiger charge is 2.23. The lowest BCUT2D eigenvalue weighted by atomic mass is 9.95. The first kappa shape index (κ1) is 10.9. The summed E-state index contributed by atoms with van der Waals surface area (Å²) in [6.07, 6.45) is 5.09. The molecule has 1 heterocycles. The van der Waals surface area contributed by atoms with E-state index >= 15 is 0 Å². The van der Waals surface area contributed by atoms with Crippen LogP contribution in [0.4, 0.5) is 0 Å². The fourth-order valence-electron chi connectivity index (χ4n) is 1.98. The Morgan fingerprint density at radius 1 is 1.47 bits per heavy atom. The Morgan fingerprint density at radius 2 is 2.33 bits per heavy atom. The van der Waals surface area contributed by atoms with E-state index in [4.69, 9.17) is 0 Å². The molecule has 1 N–H and O–H groups in total. The molecule has 2 atom stereocenters. The van der Waals surface area contributed by atoms with Crippen molar-refractivity contribution >= 4 is 11.8 Å². The van der Waals surface area contributed by atoms with Crippen molar-refractivity contribution in [2.45, 2.75) is 42.1 Å². The topological polar surface area (TPSA) is 55.6 Å². The average Bonchev–Trinajstić information content (AvgIpc) is 2.65. The maximum absolute atomic E-state index is 4.01. The lowest BCUT2D eigenvalue weighted by Gasteiger charge is -2.27. The van der Waals surface area contributed by atoms with Crippen LogP contribution in [-0.4, -0.2) is 38.5 Å². The third-order valence-corrected chi connectivity index (χ3v) is 4.21. The highest BCUT2D eigenvalue weighted by atomic mass is 32.2. The molecule has 1 aliphatic carbocycles. The molecule has 0 spiro atoms. The predicted octanol–water partition coefficient (Wildman–Crippen LogP) is 0.833. The Morgan fingerprint density at radius 3 is 3.00 bits per heavy atom. The maximum atomic E-state index is 4.01. The van der Waals surface area contributed by atoms with Crippen LogP contribution in [-0.2, 0) is 7.05 Å². The molecule has 1 saturated carbocycles. The van der Waals surface area contributed by atoms with Crippen LogP contribution in [0, 0.1) is 0 Å². The monoisotopic (exact) mass is 227 g/mol. The van der Waals surface area contributed by atoms with Crippen LogP contribution < -0.4 is 5.32 Å². The van der Waals surface area contributed by atoms with Gasteiger partial charge in [0.2, 0.25) is 5.16 Å². The summed E-state index contributed by atoms with van der Waals surface area (Å²) < 4.78 is 1.74. The second kappa shape index (κ2) is 4.94. The second-order valence-corrected chi connectivity index (χ2v) is 5.24. The van der Waals surface area contributed by atoms with Crippen molar-refractivity contribution in [1.29, 1.82) is 0 Å². The fourth-order valence-corrected chi connectivity index (χ4v) is 3.17. The molecule has 0 bridgehead atoms. The summed E-state index contributed by atoms with van der Waals surface area (Å²) in [4.78, 5) is 0. The van der Waals surface area contributed by atoms with E-state index in [0.29, 0.717) is 11.3 Å². The third kappa shape index (κ3) is 2.69. The average molecular weight is 227 g/mol. The number of aromatic nitrogens is 4. The van der Waals surface area contributed by atoms with Crippen molar-refractivity contribution in [1.82, 2.24) is 25.5 Å². The van der Waals surface area contributed by atoms with Gasteiger partial charge in [-0.3, -0.25) is 0 Å². The van der Waals surface area contributed by atoms with E-state index in [1.807, 2.05) is 14.1 Å². The summed E-state index contributed by atoms with van der Waals surface area (Å²) in [5.41, 5.74) is 0. The summed E-state index contributed by atoms with van der Waals surface area (Å²) in [5, 5.41) is 16.4. The first-order valence-electron chi connectivity index (χ1n) is 5.36. The first-order valence-corrected chi connectivity index (χ1v) is 6.24. The van der Waals surface area contributed by atoms with Crippen LogP contribution in [0.3, 0.4) is 0 Å². The third-order valence-electron chi connectivity index (χ3n) is 2.89. The molecule has 2 unspecified atom stereocenters. The van der Waals surface area contributed by atoms with E-state index in [2.05, 4.69) is 20.8 Å². The van der Waals surface area contributed by atoms with Crippen molar-refractivity contribution in [2.24, 2.45) is 7.05 Å². The predicted molar refractivity (Wildman–Crippen MR) is 59.8 cm³/mol. The molecule has 0 saturated heterocycles. The summed E-state index contributed by atoms with van der Waals surface area (Å²) >= 11 is 1.80. The molecule has 0 aliphatic heterocycles. The van der Waals surface area contributed by atoms with Gasteiger partial charge in [0.05, 0.1) is 0 Å². The van der Waals surface area contributed by atoms with E-state index in [9.17, 15) is 0 Å². The Balaban J connectivity index is 1.92. The molecule has 1 aromatic heterocycles. The number of nitrogens with zero attached hydrogens (tertiary/aromatic N) is 4. The molecule has 1 aliphatic rings. The Kier molecular flexibility index (Phi) is 3.58. The summed E-state index contributed by atoms with van der Waals surface area (Å²) in [7, 11) is 3.93. The smallest absolute Gasteiger partial charge is 0.209 e. The van der Waals surface area contributed by atoms with Crippen molar-refractivity contribution in [3.05, 3.63) is 0 Å². The van der Waals surface area contributed by atoms with Gasteiger partial charge in [0.1, 0.15) is 0 Å². The minimum atomic E-state index is 0.654. The van der Waals surface area contributed by atoms with Crippen LogP contribution in [0.15, 0.2) is 5.16 Å². The highest BCUT2D eigenvalue weighted by Crippen LogP contribution is 2.31. The molecule has 84 valence electrons. The largest absolute Gasteiger partial charge is 0.317 e. The van der Waals surface area contributed by atoms with Gasteiger partial charge in [0, 0.05) is 18.3 Å². The first-order chi connectivity index (χ1) is 7.29. The van der Waals surface area contributed by atoms with Gasteiger partial charge in [-0.2, -0.15) is 0 Å². The lowest BCUT2D eigenvalue weighted by molar-refractivity contribution is 0.402. The van der Waals surface area contributed by atoms with E-state index in [1.54, 1.807) is 16.4 Å². The van der Waals surface area contributed by atoms with Crippen molar-refractivity contribution in [3.63, 3.8) is 0 Å². The zero-order valence-corrected chi connectivity index (χ0v) is 10.00. The van der Waals surface area contributed by atoms with Crippen LogP contribution in [0.25, 0.3) is 0 Å². The van der Waals surface area contributed by atoms with Gasteiger partial charge in [-0.25, -0.2) is 4.68 Å². The summed E-state index contributed by atoms with van der Waals surface area (Å²) in [5.74, 6) is 0. The molecule has 5 nitrogen and oxygen atoms in total. The van der Waals surface area contributed by atoms with E-state index in [1.165, 1.54) is 25.7 Å². The fraction of sp³-hybridized carbons (Fsp3) is 0.889. The number of hydrogen-bond acceptors (Lipinski definition) is 5. The molecule has 0 radical (unpaired) electrons. The Hall–Kier alpha value is -0.620. The van der Waals surface area contributed by atoms with Crippen molar-refractivity contribution in [2.75, 3.05) is 7.05 Å². The molecule has 6 heteroatoms. The Bertz CT molecular complexity index is 313. The normalized spacial score (nSPS) is 26.8. The van der Waals surface area contributed by atoms with Gasteiger partial charge in [-0.05, 0) is 36.7 Å². The van der Waals surface area contributed by atoms with E-state index in [0.717, 1.165) is 5.16 Å². The lowest BCUT2D eigenvalue weighted by Crippen LogP contribution is -2.32. The summed E-state index contributed by atoms with van der Waals surface area (Å²) in [6, 6.07) is 0.664. The zero-order valence-electron chi connectivity index (χ0n) is 9.18. The van der Waals surface area contributed by atoms with Crippen LogP contribution in [0.5, 0.6) is 0 Å². The molecule has 15 heavy (non-hydrogen) atoms. The second-order valence-electron chi connectivity index (χ2n) is 3.98. The molecule has 1 fully saturated rings. The van der Waals surface area contributed by atoms with Crippen LogP contribution in [0.1, 0.15) is 25.7 Å². The quantitative estimate of drug-likeness (QED) is 0.829. The molecular weight excluding hydrogens is 210 g/mol. The minimum absolute atomic E-state index is 0.654. The number of rotatable bonds is 3. The number of hydrogen-bond donors (Lipinski definition) is 1. The molecule has 2 rings (SSSR count). The minimum Gasteiger partial charge on any atom is -0.317 e. The number of thioether (sulfide) groups is 1. The van der Waals surface area contributed by atoms with Crippen molar-refractivity contribution < 1.29 is 0 Å². The van der Waals surface area contributed by atoms with E-state index < -0.39 is 0 Å². The molecule has 0 aromatic carbocycles. The highest BCUT2D eigenvalue weighted by molar-refractivity contribution is 7.99. The maximum Gasteiger partial charge on any atom is 0.209 e. The Labute approximate surface area is 94.0 Å². The number of tetrazole rings is 1. The van der Waals surface area contributed by atoms with Crippen LogP contribution in [0.2, 0.25) is 0 Å². The standard InChI is InChI=1S/C9H17N5S/c1-10-7-4-3-5-8(6-7)15-9-11-12-13-14(9)2/h7-8,10H,3-6H2,1-2H3. The molecule has 1 aromatic rings. The molecular formula is C9H17N5S. The van der Waals surface area contributed by atoms with Gasteiger partial charge >= 0.3 is 0 Å². The van der Waals surface area contributed by atoms with Crippen molar-refractivity contribution in [3.8, 4) is 0 Å². The van der Waals surface area contributed by atoms with Crippen LogP contribution >= 0.6 is 11.8 Å². The van der Waals surface area contributed by atoms with E-state index in [-0.39, 0.29) is 0 Å². The summed E-state index contributed by atoms with van der Waals surface area (Å²) in [6.45, 7) is 0. The SMILES string of the molecule is CNC1CCCC(Sc2nnnn2C)C1. The van der Waals surface area contributed by atoms with Gasteiger partial charge < -0.3 is 5.32 Å². The zero-order chi connectivity index (χ0) is 10.7. The molecule has 0 amide bonds. The van der Waals surface area contributed by atoms with Gasteiger partial charge in [-0.1, -0.05) is 18.2 Å². The van der Waals surface area contributed by atoms with Gasteiger partial charge in [0.15, 0.2) is 0 Å². The van der Waals surface area contributed by atoms with Gasteiger partial charge in [-0.15, -0.1) is 5.10 Å². The number of nitrogens with one attached hydrogen (secondary N) is 1. The van der Waals surface area contributed by atoms with Gasteiger partial charge in [0.25, 0.3) is 0 Å². The number of aryl methyl sites for hydroxylation is 1.